The molecule has 1 saturated heterocycles. The summed E-state index contributed by atoms with van der Waals surface area (Å²) in [6.07, 6.45) is 4.26. The summed E-state index contributed by atoms with van der Waals surface area (Å²) in [7, 11) is 3.18. The molecule has 4 heterocycles. The van der Waals surface area contributed by atoms with E-state index in [9.17, 15) is 48.3 Å². The Morgan fingerprint density at radius 3 is 2.10 bits per heavy atom. The van der Waals surface area contributed by atoms with Crippen LogP contribution < -0.4 is 53.4 Å². The van der Waals surface area contributed by atoms with Crippen molar-refractivity contribution in [3.8, 4) is 5.75 Å². The maximum absolute atomic E-state index is 14.7. The lowest BCUT2D eigenvalue weighted by Crippen LogP contribution is -2.54. The number of methoxy groups -OCH3 is 2. The number of nitrogens with two attached hydrogens (primary N) is 2. The number of urea groups is 1. The van der Waals surface area contributed by atoms with E-state index in [1.807, 2.05) is 42.5 Å². The molecule has 0 spiro atoms. The van der Waals surface area contributed by atoms with Gasteiger partial charge in [-0.2, -0.15) is 4.98 Å². The van der Waals surface area contributed by atoms with E-state index in [1.54, 1.807) is 33.0 Å². The minimum absolute atomic E-state index is 0.00741. The minimum atomic E-state index is -1.25. The van der Waals surface area contributed by atoms with Crippen LogP contribution in [0, 0.1) is 5.92 Å². The molecule has 33 heteroatoms. The Kier molecular flexibility index (Phi) is 34.8. The Morgan fingerprint density at radius 2 is 1.44 bits per heavy atom. The number of nitrogen functional groups attached to an aromatic ring is 1. The fraction of sp³-hybridized carbons (Fsp3) is 0.542. The van der Waals surface area contributed by atoms with Gasteiger partial charge in [-0.1, -0.05) is 57.5 Å². The Hall–Kier alpha value is -9.61. The van der Waals surface area contributed by atoms with Gasteiger partial charge in [0.25, 0.3) is 17.7 Å². The molecular formula is C72H102N14O19. The Labute approximate surface area is 610 Å². The number of ether oxygens (including phenoxy) is 9. The first-order valence-electron chi connectivity index (χ1n) is 35.4. The van der Waals surface area contributed by atoms with Gasteiger partial charge in [0.05, 0.1) is 104 Å². The predicted molar refractivity (Wildman–Crippen MR) is 388 cm³/mol. The number of aliphatic hydroxyl groups excluding tert-OH is 1. The lowest BCUT2D eigenvalue weighted by Gasteiger charge is -2.28. The van der Waals surface area contributed by atoms with Crippen molar-refractivity contribution in [2.45, 2.75) is 116 Å². The number of hydrogen-bond acceptors (Lipinski definition) is 23. The van der Waals surface area contributed by atoms with Crippen LogP contribution in [0.4, 0.5) is 27.0 Å². The van der Waals surface area contributed by atoms with Crippen LogP contribution in [0.2, 0.25) is 0 Å². The number of nitrogens with one attached hydrogen (secondary N) is 7. The maximum atomic E-state index is 14.7. The van der Waals surface area contributed by atoms with Crippen LogP contribution in [0.3, 0.4) is 0 Å². The molecule has 33 nitrogen and oxygen atoms in total. The Morgan fingerprint density at radius 1 is 0.743 bits per heavy atom. The summed E-state index contributed by atoms with van der Waals surface area (Å²) in [6.45, 7) is 9.01. The highest BCUT2D eigenvalue weighted by Crippen LogP contribution is 2.35. The zero-order valence-corrected chi connectivity index (χ0v) is 60.5. The number of anilines is 3. The number of carbonyl (C=O) groups is 9. The number of imide groups is 1. The number of para-hydroxylation sites is 1. The van der Waals surface area contributed by atoms with Crippen molar-refractivity contribution in [3.63, 3.8) is 0 Å². The van der Waals surface area contributed by atoms with Crippen molar-refractivity contribution in [1.82, 2.24) is 50.9 Å². The zero-order chi connectivity index (χ0) is 75.5. The number of aromatic nitrogens is 3. The predicted octanol–water partition coefficient (Wildman–Crippen LogP) is 3.41. The first-order chi connectivity index (χ1) is 50.8. The average molecular weight is 1470 g/mol. The molecule has 0 aliphatic carbocycles. The molecule has 1 fully saturated rings. The molecule has 0 radical (unpaired) electrons. The van der Waals surface area contributed by atoms with Gasteiger partial charge in [-0.25, -0.2) is 14.6 Å². The highest BCUT2D eigenvalue weighted by atomic mass is 16.6. The SMILES string of the molecule is CCC[C@@H](CCO)Nc1nc(N)nc2c3ccccc3n(Cc3cc(CN(C(=O)OCc4ccc(NC(=O)[C@H](CCCNC(N)=O)NC(=O)[C@@H](NC(=O)CCOCCOCCNC(=O)CCN5C(=O)C=CC5=O)C(C)C)cc4C(=O)NCCOCCOCCOCCOC)[C@H]4CCOC4)ccc3OC)c12. The lowest BCUT2D eigenvalue weighted by molar-refractivity contribution is -0.137. The number of primary amides is 1. The second-order valence-electron chi connectivity index (χ2n) is 25.2. The molecule has 2 aromatic heterocycles. The van der Waals surface area contributed by atoms with Gasteiger partial charge in [0, 0.05) is 112 Å². The third-order valence-corrected chi connectivity index (χ3v) is 17.1. The van der Waals surface area contributed by atoms with E-state index in [0.717, 1.165) is 51.9 Å². The van der Waals surface area contributed by atoms with E-state index < -0.39 is 72.2 Å². The van der Waals surface area contributed by atoms with Crippen LogP contribution in [0.15, 0.2) is 72.8 Å². The molecule has 5 aromatic rings. The molecule has 7 rings (SSSR count). The fourth-order valence-electron chi connectivity index (χ4n) is 11.7. The molecule has 2 aliphatic rings. The summed E-state index contributed by atoms with van der Waals surface area (Å²) in [5.74, 6) is -3.03. The van der Waals surface area contributed by atoms with Crippen LogP contribution in [-0.4, -0.2) is 240 Å². The second-order valence-corrected chi connectivity index (χ2v) is 25.2. The average Bonchev–Trinajstić information content (AvgIpc) is 1.59. The molecule has 574 valence electrons. The summed E-state index contributed by atoms with van der Waals surface area (Å²) in [5.41, 5.74) is 15.9. The van der Waals surface area contributed by atoms with Crippen molar-refractivity contribution in [2.24, 2.45) is 11.7 Å². The van der Waals surface area contributed by atoms with E-state index in [0.29, 0.717) is 75.0 Å². The van der Waals surface area contributed by atoms with Crippen LogP contribution in [0.1, 0.15) is 99.2 Å². The first kappa shape index (κ1) is 82.7. The third-order valence-electron chi connectivity index (χ3n) is 17.1. The number of aliphatic hydroxyl groups is 1. The highest BCUT2D eigenvalue weighted by Gasteiger charge is 2.32. The van der Waals surface area contributed by atoms with Crippen LogP contribution in [0.5, 0.6) is 5.75 Å². The minimum Gasteiger partial charge on any atom is -0.496 e. The van der Waals surface area contributed by atoms with E-state index in [4.69, 9.17) is 64.1 Å². The van der Waals surface area contributed by atoms with Gasteiger partial charge in [-0.15, -0.1) is 0 Å². The summed E-state index contributed by atoms with van der Waals surface area (Å²) in [6, 6.07) is 14.4. The van der Waals surface area contributed by atoms with Crippen molar-refractivity contribution in [1.29, 1.82) is 0 Å². The van der Waals surface area contributed by atoms with Gasteiger partial charge in [0.15, 0.2) is 5.82 Å². The number of hydrogen-bond donors (Lipinski definition) is 10. The molecule has 0 unspecified atom stereocenters. The molecule has 3 aromatic carbocycles. The van der Waals surface area contributed by atoms with Gasteiger partial charge in [-0.3, -0.25) is 43.4 Å². The molecule has 10 amide bonds. The summed E-state index contributed by atoms with van der Waals surface area (Å²) >= 11 is 0. The Balaban J connectivity index is 1.03. The van der Waals surface area contributed by atoms with Gasteiger partial charge in [0.2, 0.25) is 29.6 Å². The monoisotopic (exact) mass is 1470 g/mol. The normalized spacial score (nSPS) is 14.3. The highest BCUT2D eigenvalue weighted by molar-refractivity contribution is 6.13. The number of nitrogens with zero attached hydrogens (tertiary/aromatic N) is 5. The lowest BCUT2D eigenvalue weighted by atomic mass is 10.0. The Bertz CT molecular complexity index is 3690. The number of benzene rings is 3. The molecule has 0 bridgehead atoms. The number of rotatable bonds is 49. The number of carbonyl (C=O) groups excluding carboxylic acids is 9. The number of fused-ring (bicyclic) bond motifs is 3. The smallest absolute Gasteiger partial charge is 0.410 e. The van der Waals surface area contributed by atoms with Crippen LogP contribution in [0.25, 0.3) is 21.9 Å². The largest absolute Gasteiger partial charge is 0.496 e. The van der Waals surface area contributed by atoms with Gasteiger partial charge < -0.3 is 101 Å². The topological polar surface area (TPSA) is 430 Å². The molecule has 2 aliphatic heterocycles. The van der Waals surface area contributed by atoms with Gasteiger partial charge >= 0.3 is 12.1 Å². The summed E-state index contributed by atoms with van der Waals surface area (Å²) in [5, 5.41) is 30.7. The van der Waals surface area contributed by atoms with Crippen molar-refractivity contribution >= 4 is 92.9 Å². The fourth-order valence-corrected chi connectivity index (χ4v) is 11.7. The van der Waals surface area contributed by atoms with Crippen molar-refractivity contribution < 1.29 is 90.9 Å². The van der Waals surface area contributed by atoms with E-state index in [-0.39, 0.29) is 159 Å². The molecule has 0 saturated carbocycles. The van der Waals surface area contributed by atoms with Crippen LogP contribution >= 0.6 is 0 Å². The van der Waals surface area contributed by atoms with E-state index in [1.165, 1.54) is 18.2 Å². The van der Waals surface area contributed by atoms with Crippen LogP contribution in [-0.2, 0) is 86.4 Å². The summed E-state index contributed by atoms with van der Waals surface area (Å²) < 4.78 is 52.8. The van der Waals surface area contributed by atoms with Crippen molar-refractivity contribution in [2.75, 3.05) is 149 Å². The second kappa shape index (κ2) is 44.3. The molecule has 12 N–H and O–H groups in total. The van der Waals surface area contributed by atoms with E-state index >= 15 is 0 Å². The van der Waals surface area contributed by atoms with Gasteiger partial charge in [0.1, 0.15) is 35.5 Å². The maximum Gasteiger partial charge on any atom is 0.410 e. The third kappa shape index (κ3) is 26.5. The molecular weight excluding hydrogens is 1360 g/mol. The first-order valence-corrected chi connectivity index (χ1v) is 35.4. The standard InChI is InChI=1S/C72H102N14O19/c1-6-10-51(21-28-87)78-66-65-64(82-70(73)83-66)54-11-7-8-13-57(54)86(65)44-50-41-48(14-17-58(50)98-5)43-85(53-22-29-104-46-53)72(96)105-45-49-15-16-52(42-55(49)67(92)76-26-32-101-37-38-103-40-39-102-34-33-97-4)79-68(93)56(12-9-24-77-71(74)95)80-69(94)63(47(2)3)81-60(89)23-30-99-35-36-100-31-25-75-59(88)20-27-84-61(90)18-19-62(84)91/h7-8,11,13-19,41-42,47,51,53,56,63,87H,6,9-10,12,20-40,43-46H2,1-5H3,(H,75,88)(H,76,92)(H,79,93)(H,80,94)(H,81,89)(H3,74,77,95)(H3,73,78,82,83)/t51-,53-,56-,63-/m0/s1. The van der Waals surface area contributed by atoms with Crippen molar-refractivity contribution in [3.05, 3.63) is 95.1 Å². The summed E-state index contributed by atoms with van der Waals surface area (Å²) in [4.78, 5) is 130. The zero-order valence-electron chi connectivity index (χ0n) is 60.5. The molecule has 4 atom stereocenters. The van der Waals surface area contributed by atoms with E-state index in [2.05, 4.69) is 48.7 Å². The quantitative estimate of drug-likeness (QED) is 0.0197. The number of amides is 10. The molecule has 105 heavy (non-hydrogen) atoms. The van der Waals surface area contributed by atoms with Gasteiger partial charge in [-0.05, 0) is 73.9 Å².